The average Bonchev–Trinajstić information content (AvgIpc) is 1.96. The Balaban J connectivity index is 2.51. The van der Waals surface area contributed by atoms with Crippen molar-refractivity contribution in [3.8, 4) is 0 Å². The molecule has 0 aromatic heterocycles. The first-order valence-electron chi connectivity index (χ1n) is 3.84. The topological polar surface area (TPSA) is 61.7 Å². The molecule has 4 heteroatoms. The summed E-state index contributed by atoms with van der Waals surface area (Å²) in [5, 5.41) is 21.4. The minimum atomic E-state index is -1.05. The van der Waals surface area contributed by atoms with E-state index < -0.39 is 12.4 Å². The summed E-state index contributed by atoms with van der Waals surface area (Å²) in [6.07, 6.45) is -1.12. The average molecular weight is 161 g/mol. The minimum absolute atomic E-state index is 0.00542. The number of likely N-dealkylation sites (N-methyl/N-ethyl adjacent to an activating group) is 1. The van der Waals surface area contributed by atoms with E-state index in [1.54, 1.807) is 7.05 Å². The molecule has 0 bridgehead atoms. The number of hydrogen-bond acceptors (Lipinski definition) is 4. The molecule has 3 N–H and O–H groups in total. The van der Waals surface area contributed by atoms with Gasteiger partial charge in [0.05, 0.1) is 6.10 Å². The van der Waals surface area contributed by atoms with E-state index in [1.165, 1.54) is 0 Å². The molecule has 1 saturated heterocycles. The Morgan fingerprint density at radius 1 is 1.45 bits per heavy atom. The van der Waals surface area contributed by atoms with E-state index in [0.29, 0.717) is 0 Å². The van der Waals surface area contributed by atoms with Gasteiger partial charge in [-0.3, -0.25) is 0 Å². The third kappa shape index (κ3) is 1.90. The van der Waals surface area contributed by atoms with Crippen molar-refractivity contribution in [2.24, 2.45) is 0 Å². The highest BCUT2D eigenvalue weighted by Gasteiger charge is 2.33. The van der Waals surface area contributed by atoms with Crippen LogP contribution >= 0.6 is 0 Å². The van der Waals surface area contributed by atoms with Crippen molar-refractivity contribution in [2.45, 2.75) is 37.9 Å². The summed E-state index contributed by atoms with van der Waals surface area (Å²) >= 11 is 0. The molecule has 0 aliphatic carbocycles. The zero-order chi connectivity index (χ0) is 8.43. The zero-order valence-electron chi connectivity index (χ0n) is 6.82. The molecule has 1 aliphatic heterocycles. The molecular formula is C7H15NO3. The molecule has 66 valence electrons. The number of ether oxygens (including phenoxy) is 1. The van der Waals surface area contributed by atoms with Crippen molar-refractivity contribution in [3.63, 3.8) is 0 Å². The van der Waals surface area contributed by atoms with Crippen LogP contribution in [0.4, 0.5) is 0 Å². The molecule has 4 atom stereocenters. The smallest absolute Gasteiger partial charge is 0.182 e. The summed E-state index contributed by atoms with van der Waals surface area (Å²) in [5.74, 6) is 0. The summed E-state index contributed by atoms with van der Waals surface area (Å²) in [4.78, 5) is 0. The monoisotopic (exact) mass is 161 g/mol. The van der Waals surface area contributed by atoms with Crippen LogP contribution in [0, 0.1) is 0 Å². The largest absolute Gasteiger partial charge is 0.386 e. The van der Waals surface area contributed by atoms with E-state index in [4.69, 9.17) is 9.84 Å². The summed E-state index contributed by atoms with van der Waals surface area (Å²) in [5.41, 5.74) is 0. The molecule has 0 radical (unpaired) electrons. The van der Waals surface area contributed by atoms with Crippen LogP contribution in [-0.4, -0.2) is 41.8 Å². The number of rotatable bonds is 1. The van der Waals surface area contributed by atoms with Crippen molar-refractivity contribution in [2.75, 3.05) is 7.05 Å². The van der Waals surface area contributed by atoms with E-state index in [2.05, 4.69) is 5.32 Å². The fourth-order valence-corrected chi connectivity index (χ4v) is 1.36. The van der Waals surface area contributed by atoms with Crippen LogP contribution in [-0.2, 0) is 4.74 Å². The third-order valence-corrected chi connectivity index (χ3v) is 2.03. The Morgan fingerprint density at radius 2 is 2.09 bits per heavy atom. The molecule has 1 unspecified atom stereocenters. The van der Waals surface area contributed by atoms with Crippen LogP contribution in [0.5, 0.6) is 0 Å². The normalized spacial score (nSPS) is 45.8. The second-order valence-electron chi connectivity index (χ2n) is 2.96. The molecule has 11 heavy (non-hydrogen) atoms. The van der Waals surface area contributed by atoms with Gasteiger partial charge < -0.3 is 20.3 Å². The molecule has 0 amide bonds. The highest BCUT2D eigenvalue weighted by Crippen LogP contribution is 2.17. The van der Waals surface area contributed by atoms with Gasteiger partial charge in [-0.15, -0.1) is 0 Å². The lowest BCUT2D eigenvalue weighted by atomic mass is 10.0. The standard InChI is InChI=1S/C7H15NO3/c1-4-3-5(8-2)6(9)7(10)11-4/h4-10H,3H2,1-2H3/t4-,5+,6?,7-/m1/s1. The van der Waals surface area contributed by atoms with Crippen molar-refractivity contribution in [1.29, 1.82) is 0 Å². The Hall–Kier alpha value is -0.160. The first kappa shape index (κ1) is 8.93. The van der Waals surface area contributed by atoms with E-state index in [-0.39, 0.29) is 12.1 Å². The third-order valence-electron chi connectivity index (χ3n) is 2.03. The summed E-state index contributed by atoms with van der Waals surface area (Å²) in [6, 6.07) is -0.0613. The maximum atomic E-state index is 9.32. The first-order chi connectivity index (χ1) is 5.15. The van der Waals surface area contributed by atoms with E-state index in [1.807, 2.05) is 6.92 Å². The summed E-state index contributed by atoms with van der Waals surface area (Å²) in [7, 11) is 1.76. The van der Waals surface area contributed by atoms with Gasteiger partial charge in [-0.2, -0.15) is 0 Å². The SMILES string of the molecule is CN[C@H]1C[C@@H](C)O[C@@H](O)C1O. The van der Waals surface area contributed by atoms with Crippen LogP contribution in [0.3, 0.4) is 0 Å². The lowest BCUT2D eigenvalue weighted by Gasteiger charge is -2.35. The fraction of sp³-hybridized carbons (Fsp3) is 1.00. The van der Waals surface area contributed by atoms with Crippen molar-refractivity contribution in [1.82, 2.24) is 5.32 Å². The van der Waals surface area contributed by atoms with E-state index in [0.717, 1.165) is 6.42 Å². The van der Waals surface area contributed by atoms with Crippen molar-refractivity contribution in [3.05, 3.63) is 0 Å². The van der Waals surface area contributed by atoms with Gasteiger partial charge in [-0.25, -0.2) is 0 Å². The molecule has 4 nitrogen and oxygen atoms in total. The van der Waals surface area contributed by atoms with Crippen LogP contribution in [0.15, 0.2) is 0 Å². The molecule has 0 aromatic carbocycles. The number of hydrogen-bond donors (Lipinski definition) is 3. The second-order valence-corrected chi connectivity index (χ2v) is 2.96. The molecule has 1 heterocycles. The molecule has 1 fully saturated rings. The van der Waals surface area contributed by atoms with Gasteiger partial charge in [0.15, 0.2) is 6.29 Å². The molecule has 0 spiro atoms. The van der Waals surface area contributed by atoms with E-state index in [9.17, 15) is 5.11 Å². The van der Waals surface area contributed by atoms with E-state index >= 15 is 0 Å². The summed E-state index contributed by atoms with van der Waals surface area (Å²) in [6.45, 7) is 1.87. The van der Waals surface area contributed by atoms with Crippen LogP contribution in [0.1, 0.15) is 13.3 Å². The van der Waals surface area contributed by atoms with Gasteiger partial charge in [0.25, 0.3) is 0 Å². The van der Waals surface area contributed by atoms with Crippen LogP contribution in [0.2, 0.25) is 0 Å². The molecular weight excluding hydrogens is 146 g/mol. The molecule has 1 rings (SSSR count). The van der Waals surface area contributed by atoms with Gasteiger partial charge in [-0.05, 0) is 20.4 Å². The maximum absolute atomic E-state index is 9.32. The Morgan fingerprint density at radius 3 is 2.64 bits per heavy atom. The zero-order valence-corrected chi connectivity index (χ0v) is 6.82. The van der Waals surface area contributed by atoms with Crippen molar-refractivity contribution < 1.29 is 14.9 Å². The van der Waals surface area contributed by atoms with Gasteiger partial charge >= 0.3 is 0 Å². The second kappa shape index (κ2) is 3.49. The van der Waals surface area contributed by atoms with Gasteiger partial charge in [-0.1, -0.05) is 0 Å². The molecule has 0 saturated carbocycles. The highest BCUT2D eigenvalue weighted by molar-refractivity contribution is 4.83. The highest BCUT2D eigenvalue weighted by atomic mass is 16.6. The van der Waals surface area contributed by atoms with Crippen molar-refractivity contribution >= 4 is 0 Å². The van der Waals surface area contributed by atoms with Crippen LogP contribution in [0.25, 0.3) is 0 Å². The summed E-state index contributed by atoms with van der Waals surface area (Å²) < 4.78 is 5.00. The number of nitrogens with one attached hydrogen (secondary N) is 1. The van der Waals surface area contributed by atoms with Crippen LogP contribution < -0.4 is 5.32 Å². The predicted molar refractivity (Wildman–Crippen MR) is 40.0 cm³/mol. The maximum Gasteiger partial charge on any atom is 0.182 e. The van der Waals surface area contributed by atoms with Gasteiger partial charge in [0.1, 0.15) is 6.10 Å². The Kier molecular flexibility index (Phi) is 2.84. The predicted octanol–water partition coefficient (Wildman–Crippen LogP) is -0.938. The van der Waals surface area contributed by atoms with Gasteiger partial charge in [0.2, 0.25) is 0 Å². The molecule has 1 aliphatic rings. The first-order valence-corrected chi connectivity index (χ1v) is 3.84. The molecule has 0 aromatic rings. The Bertz CT molecular complexity index is 131. The lowest BCUT2D eigenvalue weighted by Crippen LogP contribution is -2.52. The quantitative estimate of drug-likeness (QED) is 0.464. The Labute approximate surface area is 66.2 Å². The number of aliphatic hydroxyl groups is 2. The lowest BCUT2D eigenvalue weighted by molar-refractivity contribution is -0.219. The van der Waals surface area contributed by atoms with Gasteiger partial charge in [0, 0.05) is 6.04 Å². The minimum Gasteiger partial charge on any atom is -0.386 e. The number of aliphatic hydroxyl groups excluding tert-OH is 2. The fourth-order valence-electron chi connectivity index (χ4n) is 1.36.